The van der Waals surface area contributed by atoms with Gasteiger partial charge in [-0.15, -0.1) is 0 Å². The zero-order valence-corrected chi connectivity index (χ0v) is 27.1. The summed E-state index contributed by atoms with van der Waals surface area (Å²) < 4.78 is 71.8. The fourth-order valence-electron chi connectivity index (χ4n) is 6.33. The van der Waals surface area contributed by atoms with E-state index in [-0.39, 0.29) is 22.4 Å². The zero-order valence-electron chi connectivity index (χ0n) is 26.3. The fraction of sp³-hybridized carbons (Fsp3) is 0.333. The molecule has 1 N–H and O–H groups in total. The fourth-order valence-corrected chi connectivity index (χ4v) is 7.37. The molecule has 0 unspecified atom stereocenters. The smallest absolute Gasteiger partial charge is 0.416 e. The minimum Gasteiger partial charge on any atom is -0.439 e. The summed E-state index contributed by atoms with van der Waals surface area (Å²) in [4.78, 5) is 21.5. The van der Waals surface area contributed by atoms with Gasteiger partial charge in [-0.3, -0.25) is 9.52 Å². The van der Waals surface area contributed by atoms with Crippen LogP contribution in [0.2, 0.25) is 0 Å². The van der Waals surface area contributed by atoms with Gasteiger partial charge in [0.15, 0.2) is 0 Å². The maximum atomic E-state index is 13.3. The number of amides is 1. The molecule has 2 saturated heterocycles. The van der Waals surface area contributed by atoms with E-state index in [1.807, 2.05) is 30.3 Å². The second-order valence-electron chi connectivity index (χ2n) is 12.3. The predicted molar refractivity (Wildman–Crippen MR) is 177 cm³/mol. The molecule has 252 valence electrons. The number of piperidine rings is 2. The molecule has 12 heteroatoms. The molecule has 8 nitrogen and oxygen atoms in total. The summed E-state index contributed by atoms with van der Waals surface area (Å²) >= 11 is 0. The number of halogens is 3. The monoisotopic (exact) mass is 678 g/mol. The number of ether oxygens (including phenoxy) is 1. The average molecular weight is 679 g/mol. The van der Waals surface area contributed by atoms with E-state index in [4.69, 9.17) is 4.74 Å². The molecule has 2 aliphatic heterocycles. The summed E-state index contributed by atoms with van der Waals surface area (Å²) in [7, 11) is -4.11. The molecule has 2 fully saturated rings. The van der Waals surface area contributed by atoms with Gasteiger partial charge in [0.25, 0.3) is 10.0 Å². The van der Waals surface area contributed by atoms with Gasteiger partial charge < -0.3 is 14.5 Å². The van der Waals surface area contributed by atoms with Crippen molar-refractivity contribution in [2.24, 2.45) is 11.8 Å². The number of rotatable bonds is 9. The average Bonchev–Trinajstić information content (AvgIpc) is 3.10. The second kappa shape index (κ2) is 14.3. The van der Waals surface area contributed by atoms with Gasteiger partial charge >= 0.3 is 6.18 Å². The highest BCUT2D eigenvalue weighted by Gasteiger charge is 2.32. The minimum atomic E-state index is -4.56. The number of alkyl halides is 3. The van der Waals surface area contributed by atoms with Crippen molar-refractivity contribution in [2.45, 2.75) is 43.2 Å². The van der Waals surface area contributed by atoms with Gasteiger partial charge in [-0.25, -0.2) is 13.4 Å². The Kier molecular flexibility index (Phi) is 9.91. The SMILES string of the molecule is O=C(C1CCN(c2ccc(Oc3ccc(NS(=O)(=O)c4ccc(C(F)(F)F)cc4)cn3)cc2)CC1)N1CCC(Cc2ccccc2)CC1. The highest BCUT2D eigenvalue weighted by atomic mass is 32.2. The number of pyridine rings is 1. The van der Waals surface area contributed by atoms with Crippen LogP contribution in [0.4, 0.5) is 24.5 Å². The zero-order chi connectivity index (χ0) is 33.7. The molecule has 4 aromatic rings. The first-order valence-electron chi connectivity index (χ1n) is 16.1. The van der Waals surface area contributed by atoms with Crippen molar-refractivity contribution in [3.05, 3.63) is 108 Å². The molecule has 1 aromatic heterocycles. The van der Waals surface area contributed by atoms with Gasteiger partial charge in [0.05, 0.1) is 22.3 Å². The lowest BCUT2D eigenvalue weighted by molar-refractivity contribution is -0.138. The lowest BCUT2D eigenvalue weighted by Crippen LogP contribution is -2.45. The Morgan fingerprint density at radius 1 is 0.833 bits per heavy atom. The summed E-state index contributed by atoms with van der Waals surface area (Å²) in [6.07, 6.45) is 1.53. The lowest BCUT2D eigenvalue weighted by Gasteiger charge is -2.38. The van der Waals surface area contributed by atoms with E-state index in [2.05, 4.69) is 43.8 Å². The largest absolute Gasteiger partial charge is 0.439 e. The summed E-state index contributed by atoms with van der Waals surface area (Å²) in [5.41, 5.74) is 1.60. The van der Waals surface area contributed by atoms with E-state index < -0.39 is 21.8 Å². The Morgan fingerprint density at radius 3 is 2.10 bits per heavy atom. The quantitative estimate of drug-likeness (QED) is 0.199. The van der Waals surface area contributed by atoms with E-state index >= 15 is 0 Å². The van der Waals surface area contributed by atoms with Gasteiger partial charge in [0.1, 0.15) is 5.75 Å². The van der Waals surface area contributed by atoms with E-state index in [9.17, 15) is 26.4 Å². The van der Waals surface area contributed by atoms with Crippen molar-refractivity contribution >= 4 is 27.3 Å². The van der Waals surface area contributed by atoms with Crippen LogP contribution in [0.3, 0.4) is 0 Å². The molecule has 1 amide bonds. The molecular formula is C36H37F3N4O4S. The lowest BCUT2D eigenvalue weighted by atomic mass is 9.88. The standard InChI is InChI=1S/C36H37F3N4O4S/c37-36(38,39)29-6-13-33(14-7-29)48(45,46)41-30-8-15-34(40-25-30)47-32-11-9-31(10-12-32)42-22-18-28(19-23-42)35(44)43-20-16-27(17-21-43)24-26-4-2-1-3-5-26/h1-15,25,27-28,41H,16-24H2. The second-order valence-corrected chi connectivity index (χ2v) is 14.0. The Balaban J connectivity index is 0.953. The number of sulfonamides is 1. The van der Waals surface area contributed by atoms with Gasteiger partial charge in [-0.05, 0) is 98.2 Å². The molecule has 0 radical (unpaired) electrons. The van der Waals surface area contributed by atoms with Gasteiger partial charge in [0, 0.05) is 43.9 Å². The van der Waals surface area contributed by atoms with Crippen molar-refractivity contribution in [2.75, 3.05) is 35.8 Å². The Labute approximate surface area is 278 Å². The van der Waals surface area contributed by atoms with Crippen LogP contribution in [0, 0.1) is 11.8 Å². The maximum Gasteiger partial charge on any atom is 0.416 e. The third-order valence-electron chi connectivity index (χ3n) is 9.04. The number of anilines is 2. The minimum absolute atomic E-state index is 0.0583. The number of aromatic nitrogens is 1. The summed E-state index contributed by atoms with van der Waals surface area (Å²) in [5.74, 6) is 1.77. The third-order valence-corrected chi connectivity index (χ3v) is 10.4. The maximum absolute atomic E-state index is 13.3. The molecule has 0 bridgehead atoms. The molecule has 0 spiro atoms. The first kappa shape index (κ1) is 33.3. The van der Waals surface area contributed by atoms with Crippen LogP contribution in [0.1, 0.15) is 36.8 Å². The Bertz CT molecular complexity index is 1770. The molecule has 3 aromatic carbocycles. The van der Waals surface area contributed by atoms with Crippen LogP contribution in [0.15, 0.2) is 102 Å². The predicted octanol–water partition coefficient (Wildman–Crippen LogP) is 7.39. The number of nitrogens with zero attached hydrogens (tertiary/aromatic N) is 3. The van der Waals surface area contributed by atoms with Gasteiger partial charge in [-0.1, -0.05) is 30.3 Å². The molecule has 0 aliphatic carbocycles. The number of hydrogen-bond donors (Lipinski definition) is 1. The molecule has 0 atom stereocenters. The van der Waals surface area contributed by atoms with Crippen molar-refractivity contribution in [3.8, 4) is 11.6 Å². The van der Waals surface area contributed by atoms with Crippen LogP contribution in [0.25, 0.3) is 0 Å². The topological polar surface area (TPSA) is 91.8 Å². The number of likely N-dealkylation sites (tertiary alicyclic amines) is 1. The normalized spacial score (nSPS) is 16.5. The number of hydrogen-bond acceptors (Lipinski definition) is 6. The first-order chi connectivity index (χ1) is 23.0. The van der Waals surface area contributed by atoms with E-state index in [0.717, 1.165) is 88.2 Å². The molecule has 6 rings (SSSR count). The van der Waals surface area contributed by atoms with Crippen molar-refractivity contribution in [1.29, 1.82) is 0 Å². The highest BCUT2D eigenvalue weighted by Crippen LogP contribution is 2.31. The van der Waals surface area contributed by atoms with Crippen LogP contribution in [0.5, 0.6) is 11.6 Å². The Morgan fingerprint density at radius 2 is 1.50 bits per heavy atom. The van der Waals surface area contributed by atoms with E-state index in [0.29, 0.717) is 17.6 Å². The Hall–Kier alpha value is -4.58. The third kappa shape index (κ3) is 8.28. The van der Waals surface area contributed by atoms with E-state index in [1.165, 1.54) is 23.9 Å². The number of carbonyl (C=O) groups excluding carboxylic acids is 1. The number of nitrogens with one attached hydrogen (secondary N) is 1. The van der Waals surface area contributed by atoms with E-state index in [1.54, 1.807) is 0 Å². The van der Waals surface area contributed by atoms with Crippen LogP contribution in [-0.2, 0) is 27.4 Å². The molecule has 0 saturated carbocycles. The molecule has 48 heavy (non-hydrogen) atoms. The van der Waals surface area contributed by atoms with Gasteiger partial charge in [-0.2, -0.15) is 13.2 Å². The highest BCUT2D eigenvalue weighted by molar-refractivity contribution is 7.92. The van der Waals surface area contributed by atoms with Crippen LogP contribution in [-0.4, -0.2) is 50.4 Å². The summed E-state index contributed by atoms with van der Waals surface area (Å²) in [6, 6.07) is 24.3. The number of carbonyl (C=O) groups is 1. The number of benzene rings is 3. The molecule has 2 aliphatic rings. The first-order valence-corrected chi connectivity index (χ1v) is 17.5. The summed E-state index contributed by atoms with van der Waals surface area (Å²) in [6.45, 7) is 3.28. The van der Waals surface area contributed by atoms with Crippen molar-refractivity contribution < 1.29 is 31.1 Å². The molecular weight excluding hydrogens is 641 g/mol. The van der Waals surface area contributed by atoms with Crippen LogP contribution >= 0.6 is 0 Å². The van der Waals surface area contributed by atoms with Crippen molar-refractivity contribution in [1.82, 2.24) is 9.88 Å². The van der Waals surface area contributed by atoms with Crippen molar-refractivity contribution in [3.63, 3.8) is 0 Å². The van der Waals surface area contributed by atoms with Gasteiger partial charge in [0.2, 0.25) is 11.8 Å². The molecule has 3 heterocycles. The van der Waals surface area contributed by atoms with Crippen LogP contribution < -0.4 is 14.4 Å². The summed E-state index contributed by atoms with van der Waals surface area (Å²) in [5, 5.41) is 0.